The zero-order valence-electron chi connectivity index (χ0n) is 14.0. The van der Waals surface area contributed by atoms with E-state index < -0.39 is 6.10 Å². The Morgan fingerprint density at radius 3 is 2.68 bits per heavy atom. The molecule has 1 aromatic rings. The van der Waals surface area contributed by atoms with Gasteiger partial charge in [-0.25, -0.2) is 4.98 Å². The van der Waals surface area contributed by atoms with Crippen LogP contribution in [0.3, 0.4) is 0 Å². The van der Waals surface area contributed by atoms with E-state index in [1.54, 1.807) is 11.3 Å². The van der Waals surface area contributed by atoms with E-state index in [4.69, 9.17) is 9.47 Å². The van der Waals surface area contributed by atoms with E-state index in [1.165, 1.54) is 4.88 Å². The maximum absolute atomic E-state index is 10.2. The van der Waals surface area contributed by atoms with Gasteiger partial charge in [0.2, 0.25) is 0 Å². The van der Waals surface area contributed by atoms with Gasteiger partial charge in [0.05, 0.1) is 29.5 Å². The van der Waals surface area contributed by atoms with Crippen molar-refractivity contribution in [2.75, 3.05) is 33.4 Å². The van der Waals surface area contributed by atoms with Crippen LogP contribution < -0.4 is 0 Å². The molecule has 0 aliphatic carbocycles. The quantitative estimate of drug-likeness (QED) is 0.832. The van der Waals surface area contributed by atoms with E-state index in [0.717, 1.165) is 36.8 Å². The molecule has 6 heteroatoms. The zero-order valence-corrected chi connectivity index (χ0v) is 14.9. The van der Waals surface area contributed by atoms with Crippen molar-refractivity contribution in [1.82, 2.24) is 9.88 Å². The molecule has 2 atom stereocenters. The number of thiazole rings is 1. The third-order valence-corrected chi connectivity index (χ3v) is 5.41. The molecule has 0 spiro atoms. The van der Waals surface area contributed by atoms with Crippen LogP contribution in [-0.4, -0.2) is 60.6 Å². The zero-order chi connectivity index (χ0) is 16.1. The summed E-state index contributed by atoms with van der Waals surface area (Å²) in [6.07, 6.45) is 1.62. The number of aromatic nitrogens is 1. The van der Waals surface area contributed by atoms with Crippen molar-refractivity contribution < 1.29 is 14.6 Å². The molecule has 1 fully saturated rings. The molecule has 0 radical (unpaired) electrons. The van der Waals surface area contributed by atoms with E-state index in [0.29, 0.717) is 13.2 Å². The number of hydrogen-bond donors (Lipinski definition) is 1. The first-order chi connectivity index (χ1) is 10.5. The molecule has 5 nitrogen and oxygen atoms in total. The lowest BCUT2D eigenvalue weighted by Crippen LogP contribution is -2.35. The molecule has 0 saturated carbocycles. The number of aryl methyl sites for hydroxylation is 2. The van der Waals surface area contributed by atoms with Crippen molar-refractivity contribution in [3.05, 3.63) is 15.6 Å². The van der Waals surface area contributed by atoms with Gasteiger partial charge in [0, 0.05) is 30.7 Å². The fourth-order valence-corrected chi connectivity index (χ4v) is 3.81. The predicted octanol–water partition coefficient (Wildman–Crippen LogP) is 2.31. The van der Waals surface area contributed by atoms with E-state index in [9.17, 15) is 5.11 Å². The average molecular weight is 328 g/mol. The minimum atomic E-state index is -0.468. The van der Waals surface area contributed by atoms with Gasteiger partial charge < -0.3 is 14.6 Å². The maximum Gasteiger partial charge on any atom is 0.0900 e. The number of aliphatic hydroxyl groups excluding tert-OH is 1. The first-order valence-corrected chi connectivity index (χ1v) is 8.80. The van der Waals surface area contributed by atoms with Gasteiger partial charge in [-0.1, -0.05) is 0 Å². The number of likely N-dealkylation sites (N-methyl/N-ethyl adjacent to an activating group) is 1. The first kappa shape index (κ1) is 17.8. The lowest BCUT2D eigenvalue weighted by atomic mass is 10.1. The predicted molar refractivity (Wildman–Crippen MR) is 88.4 cm³/mol. The molecular formula is C16H28N2O3S. The Balaban J connectivity index is 1.77. The van der Waals surface area contributed by atoms with Crippen LogP contribution in [-0.2, 0) is 9.47 Å². The van der Waals surface area contributed by atoms with Crippen LogP contribution in [0.15, 0.2) is 0 Å². The summed E-state index contributed by atoms with van der Waals surface area (Å²) in [5.41, 5.74) is 1.09. The number of rotatable bonds is 7. The van der Waals surface area contributed by atoms with Gasteiger partial charge in [-0.05, 0) is 40.7 Å². The highest BCUT2D eigenvalue weighted by molar-refractivity contribution is 7.11. The minimum Gasteiger partial charge on any atom is -0.389 e. The Bertz CT molecular complexity index is 460. The third-order valence-electron chi connectivity index (χ3n) is 4.17. The Kier molecular flexibility index (Phi) is 6.77. The highest BCUT2D eigenvalue weighted by Gasteiger charge is 2.21. The molecule has 0 aromatic carbocycles. The SMILES string of the molecule is Cc1nc(C)c(C(C)N(C)CC(O)COC2CCOCC2)s1. The molecule has 0 bridgehead atoms. The summed E-state index contributed by atoms with van der Waals surface area (Å²) < 4.78 is 11.1. The molecule has 2 unspecified atom stereocenters. The van der Waals surface area contributed by atoms with Gasteiger partial charge in [-0.15, -0.1) is 11.3 Å². The Morgan fingerprint density at radius 2 is 2.09 bits per heavy atom. The monoisotopic (exact) mass is 328 g/mol. The highest BCUT2D eigenvalue weighted by atomic mass is 32.1. The Morgan fingerprint density at radius 1 is 1.41 bits per heavy atom. The van der Waals surface area contributed by atoms with Crippen molar-refractivity contribution in [1.29, 1.82) is 0 Å². The van der Waals surface area contributed by atoms with Gasteiger partial charge in [0.25, 0.3) is 0 Å². The summed E-state index contributed by atoms with van der Waals surface area (Å²) >= 11 is 1.73. The summed E-state index contributed by atoms with van der Waals surface area (Å²) in [4.78, 5) is 7.92. The molecular weight excluding hydrogens is 300 g/mol. The van der Waals surface area contributed by atoms with Crippen LogP contribution in [0.4, 0.5) is 0 Å². The fraction of sp³-hybridized carbons (Fsp3) is 0.812. The van der Waals surface area contributed by atoms with E-state index >= 15 is 0 Å². The van der Waals surface area contributed by atoms with E-state index in [1.807, 2.05) is 20.9 Å². The standard InChI is InChI=1S/C16H28N2O3S/c1-11-16(22-13(3)17-11)12(2)18(4)9-14(19)10-21-15-5-7-20-8-6-15/h12,14-15,19H,5-10H2,1-4H3. The van der Waals surface area contributed by atoms with Crippen LogP contribution in [0.2, 0.25) is 0 Å². The average Bonchev–Trinajstić information content (AvgIpc) is 2.84. The third kappa shape index (κ3) is 4.99. The normalized spacial score (nSPS) is 19.5. The minimum absolute atomic E-state index is 0.234. The molecule has 1 aromatic heterocycles. The smallest absolute Gasteiger partial charge is 0.0900 e. The summed E-state index contributed by atoms with van der Waals surface area (Å²) in [5.74, 6) is 0. The Labute approximate surface area is 137 Å². The van der Waals surface area contributed by atoms with Crippen LogP contribution in [0, 0.1) is 13.8 Å². The second-order valence-corrected chi connectivity index (χ2v) is 7.33. The van der Waals surface area contributed by atoms with Crippen molar-refractivity contribution in [2.45, 2.75) is 51.9 Å². The van der Waals surface area contributed by atoms with Gasteiger partial charge >= 0.3 is 0 Å². The summed E-state index contributed by atoms with van der Waals surface area (Å²) in [6, 6.07) is 0.254. The second-order valence-electron chi connectivity index (χ2n) is 6.10. The molecule has 0 amide bonds. The molecule has 2 rings (SSSR count). The van der Waals surface area contributed by atoms with Crippen LogP contribution in [0.5, 0.6) is 0 Å². The second kappa shape index (κ2) is 8.36. The van der Waals surface area contributed by atoms with Crippen LogP contribution in [0.25, 0.3) is 0 Å². The van der Waals surface area contributed by atoms with Crippen LogP contribution in [0.1, 0.15) is 41.4 Å². The molecule has 126 valence electrons. The summed E-state index contributed by atoms with van der Waals surface area (Å²) in [5, 5.41) is 11.3. The first-order valence-electron chi connectivity index (χ1n) is 7.99. The summed E-state index contributed by atoms with van der Waals surface area (Å²) in [7, 11) is 2.04. The van der Waals surface area contributed by atoms with E-state index in [-0.39, 0.29) is 12.1 Å². The Hall–Kier alpha value is -0.530. The van der Waals surface area contributed by atoms with Gasteiger partial charge in [0.1, 0.15) is 0 Å². The molecule has 2 heterocycles. The highest BCUT2D eigenvalue weighted by Crippen LogP contribution is 2.28. The van der Waals surface area contributed by atoms with Gasteiger partial charge in [0.15, 0.2) is 0 Å². The van der Waals surface area contributed by atoms with Crippen molar-refractivity contribution in [2.24, 2.45) is 0 Å². The molecule has 1 N–H and O–H groups in total. The molecule has 1 aliphatic rings. The number of nitrogens with zero attached hydrogens (tertiary/aromatic N) is 2. The fourth-order valence-electron chi connectivity index (χ4n) is 2.77. The lowest BCUT2D eigenvalue weighted by molar-refractivity contribution is -0.0644. The number of aliphatic hydroxyl groups is 1. The van der Waals surface area contributed by atoms with Gasteiger partial charge in [-0.2, -0.15) is 0 Å². The largest absolute Gasteiger partial charge is 0.389 e. The van der Waals surface area contributed by atoms with E-state index in [2.05, 4.69) is 16.8 Å². The topological polar surface area (TPSA) is 54.8 Å². The van der Waals surface area contributed by atoms with Crippen molar-refractivity contribution >= 4 is 11.3 Å². The summed E-state index contributed by atoms with van der Waals surface area (Å²) in [6.45, 7) is 8.76. The van der Waals surface area contributed by atoms with Gasteiger partial charge in [-0.3, -0.25) is 4.90 Å². The molecule has 22 heavy (non-hydrogen) atoms. The van der Waals surface area contributed by atoms with Crippen molar-refractivity contribution in [3.8, 4) is 0 Å². The lowest BCUT2D eigenvalue weighted by Gasteiger charge is -2.28. The maximum atomic E-state index is 10.2. The molecule has 1 aliphatic heterocycles. The number of hydrogen-bond acceptors (Lipinski definition) is 6. The molecule has 1 saturated heterocycles. The number of ether oxygens (including phenoxy) is 2. The van der Waals surface area contributed by atoms with Crippen molar-refractivity contribution in [3.63, 3.8) is 0 Å². The van der Waals surface area contributed by atoms with Crippen LogP contribution >= 0.6 is 11.3 Å².